The number of carbonyl (C=O) groups excluding carboxylic acids is 1. The molecule has 106 valence electrons. The van der Waals surface area contributed by atoms with Crippen molar-refractivity contribution in [1.29, 1.82) is 0 Å². The molecule has 0 atom stereocenters. The second-order valence-electron chi connectivity index (χ2n) is 5.68. The second kappa shape index (κ2) is 5.36. The van der Waals surface area contributed by atoms with Crippen LogP contribution in [0.25, 0.3) is 0 Å². The van der Waals surface area contributed by atoms with E-state index in [1.165, 1.54) is 11.9 Å². The van der Waals surface area contributed by atoms with Gasteiger partial charge in [0.25, 0.3) is 0 Å². The third kappa shape index (κ3) is 4.74. The van der Waals surface area contributed by atoms with Gasteiger partial charge < -0.3 is 9.64 Å². The van der Waals surface area contributed by atoms with Crippen LogP contribution in [0.15, 0.2) is 0 Å². The highest BCUT2D eigenvalue weighted by molar-refractivity contribution is 5.67. The molecule has 3 nitrogen and oxygen atoms in total. The van der Waals surface area contributed by atoms with Crippen molar-refractivity contribution in [3.63, 3.8) is 0 Å². The van der Waals surface area contributed by atoms with E-state index in [4.69, 9.17) is 0 Å². The molecule has 0 spiro atoms. The van der Waals surface area contributed by atoms with Gasteiger partial charge in [0, 0.05) is 13.1 Å². The maximum absolute atomic E-state index is 11.9. The van der Waals surface area contributed by atoms with Gasteiger partial charge in [0.05, 0.1) is 0 Å². The highest BCUT2D eigenvalue weighted by Gasteiger charge is 2.33. The fraction of sp³-hybridized carbons (Fsp3) is 0.917. The van der Waals surface area contributed by atoms with Crippen LogP contribution in [0.5, 0.6) is 0 Å². The van der Waals surface area contributed by atoms with E-state index >= 15 is 0 Å². The molecule has 1 amide bonds. The van der Waals surface area contributed by atoms with Gasteiger partial charge in [-0.1, -0.05) is 13.8 Å². The molecule has 0 aromatic heterocycles. The summed E-state index contributed by atoms with van der Waals surface area (Å²) in [5, 5.41) is 0. The topological polar surface area (TPSA) is 29.5 Å². The molecule has 0 aromatic rings. The van der Waals surface area contributed by atoms with Gasteiger partial charge in [-0.3, -0.25) is 0 Å². The van der Waals surface area contributed by atoms with Crippen molar-refractivity contribution in [3.05, 3.63) is 0 Å². The Hall–Kier alpha value is -0.940. The minimum Gasteiger partial charge on any atom is -0.440 e. The number of nitrogens with zero attached hydrogens (tertiary/aromatic N) is 1. The van der Waals surface area contributed by atoms with Crippen LogP contribution < -0.4 is 0 Å². The number of alkyl halides is 3. The first-order valence-corrected chi connectivity index (χ1v) is 6.07. The number of carbonyl (C=O) groups is 1. The minimum atomic E-state index is -4.47. The van der Waals surface area contributed by atoms with Crippen molar-refractivity contribution in [2.75, 3.05) is 13.7 Å². The standard InChI is InChI=1S/C12H20F3NO2/c1-11(2)6-4-9(5-7-11)16(3)10(17)18-8-12(13,14)15/h9H,4-8H2,1-3H3. The molecule has 6 heteroatoms. The molecule has 0 aromatic carbocycles. The third-order valence-electron chi connectivity index (χ3n) is 3.50. The van der Waals surface area contributed by atoms with Crippen LogP contribution in [0.1, 0.15) is 39.5 Å². The number of ether oxygens (including phenoxy) is 1. The molecule has 0 aliphatic heterocycles. The quantitative estimate of drug-likeness (QED) is 0.765. The Morgan fingerprint density at radius 1 is 1.33 bits per heavy atom. The summed E-state index contributed by atoms with van der Waals surface area (Å²) in [7, 11) is 1.50. The fourth-order valence-electron chi connectivity index (χ4n) is 2.17. The lowest BCUT2D eigenvalue weighted by atomic mass is 9.75. The van der Waals surface area contributed by atoms with Crippen molar-refractivity contribution in [1.82, 2.24) is 4.90 Å². The molecule has 0 bridgehead atoms. The summed E-state index contributed by atoms with van der Waals surface area (Å²) in [5.41, 5.74) is 0.257. The fourth-order valence-corrected chi connectivity index (χ4v) is 2.17. The maximum Gasteiger partial charge on any atom is 0.422 e. The van der Waals surface area contributed by atoms with Crippen LogP contribution in [0.2, 0.25) is 0 Å². The number of rotatable bonds is 2. The van der Waals surface area contributed by atoms with Crippen molar-refractivity contribution < 1.29 is 22.7 Å². The summed E-state index contributed by atoms with van der Waals surface area (Å²) >= 11 is 0. The predicted octanol–water partition coefficient (Wildman–Crippen LogP) is 3.59. The summed E-state index contributed by atoms with van der Waals surface area (Å²) in [6, 6.07) is -0.0150. The first kappa shape index (κ1) is 15.1. The van der Waals surface area contributed by atoms with Crippen molar-refractivity contribution >= 4 is 6.09 Å². The van der Waals surface area contributed by atoms with Gasteiger partial charge in [0.1, 0.15) is 0 Å². The lowest BCUT2D eigenvalue weighted by molar-refractivity contribution is -0.162. The first-order chi connectivity index (χ1) is 8.11. The summed E-state index contributed by atoms with van der Waals surface area (Å²) in [4.78, 5) is 12.7. The molecule has 1 aliphatic rings. The predicted molar refractivity (Wildman–Crippen MR) is 61.2 cm³/mol. The highest BCUT2D eigenvalue weighted by Crippen LogP contribution is 2.36. The molecule has 0 N–H and O–H groups in total. The Morgan fingerprint density at radius 3 is 2.28 bits per heavy atom. The van der Waals surface area contributed by atoms with Crippen LogP contribution in [-0.2, 0) is 4.74 Å². The van der Waals surface area contributed by atoms with E-state index in [1.807, 2.05) is 0 Å². The lowest BCUT2D eigenvalue weighted by Crippen LogP contribution is -2.42. The highest BCUT2D eigenvalue weighted by atomic mass is 19.4. The van der Waals surface area contributed by atoms with Gasteiger partial charge in [0.15, 0.2) is 6.61 Å². The average Bonchev–Trinajstić information content (AvgIpc) is 2.24. The zero-order chi connectivity index (χ0) is 14.0. The Morgan fingerprint density at radius 2 is 1.83 bits per heavy atom. The Kier molecular flexibility index (Phi) is 4.50. The van der Waals surface area contributed by atoms with E-state index in [2.05, 4.69) is 18.6 Å². The molecule has 1 rings (SSSR count). The van der Waals surface area contributed by atoms with Crippen LogP contribution in [0.3, 0.4) is 0 Å². The third-order valence-corrected chi connectivity index (χ3v) is 3.50. The smallest absolute Gasteiger partial charge is 0.422 e. The molecule has 0 saturated heterocycles. The maximum atomic E-state index is 11.9. The molecule has 0 heterocycles. The molecule has 0 radical (unpaired) electrons. The number of hydrogen-bond acceptors (Lipinski definition) is 2. The van der Waals surface area contributed by atoms with Crippen LogP contribution in [0.4, 0.5) is 18.0 Å². The van der Waals surface area contributed by atoms with Crippen molar-refractivity contribution in [2.45, 2.75) is 51.7 Å². The Balaban J connectivity index is 2.40. The largest absolute Gasteiger partial charge is 0.440 e. The van der Waals surface area contributed by atoms with Gasteiger partial charge in [0.2, 0.25) is 0 Å². The van der Waals surface area contributed by atoms with Crippen LogP contribution in [0, 0.1) is 5.41 Å². The summed E-state index contributed by atoms with van der Waals surface area (Å²) in [6.45, 7) is 2.80. The van der Waals surface area contributed by atoms with E-state index < -0.39 is 18.9 Å². The minimum absolute atomic E-state index is 0.0150. The number of hydrogen-bond donors (Lipinski definition) is 0. The monoisotopic (exact) mass is 267 g/mol. The molecule has 1 aliphatic carbocycles. The van der Waals surface area contributed by atoms with E-state index in [0.717, 1.165) is 25.7 Å². The summed E-state index contributed by atoms with van der Waals surface area (Å²) in [6.07, 6.45) is -1.80. The van der Waals surface area contributed by atoms with Gasteiger partial charge in [-0.05, 0) is 31.1 Å². The molecule has 0 unspecified atom stereocenters. The lowest BCUT2D eigenvalue weighted by Gasteiger charge is -2.38. The molecule has 1 saturated carbocycles. The van der Waals surface area contributed by atoms with E-state index in [9.17, 15) is 18.0 Å². The summed E-state index contributed by atoms with van der Waals surface area (Å²) < 4.78 is 40.0. The Labute approximate surface area is 105 Å². The van der Waals surface area contributed by atoms with E-state index in [1.54, 1.807) is 0 Å². The summed E-state index contributed by atoms with van der Waals surface area (Å²) in [5.74, 6) is 0. The molecular formula is C12H20F3NO2. The molecule has 1 fully saturated rings. The number of halogens is 3. The molecular weight excluding hydrogens is 247 g/mol. The van der Waals surface area contributed by atoms with Gasteiger partial charge in [-0.15, -0.1) is 0 Å². The van der Waals surface area contributed by atoms with Crippen LogP contribution in [-0.4, -0.2) is 36.9 Å². The second-order valence-corrected chi connectivity index (χ2v) is 5.68. The normalized spacial score (nSPS) is 20.6. The SMILES string of the molecule is CN(C(=O)OCC(F)(F)F)C1CCC(C)(C)CC1. The van der Waals surface area contributed by atoms with E-state index in [-0.39, 0.29) is 11.5 Å². The molecule has 18 heavy (non-hydrogen) atoms. The van der Waals surface area contributed by atoms with Gasteiger partial charge in [-0.25, -0.2) is 4.79 Å². The van der Waals surface area contributed by atoms with Gasteiger partial charge in [-0.2, -0.15) is 13.2 Å². The van der Waals surface area contributed by atoms with Gasteiger partial charge >= 0.3 is 12.3 Å². The number of amides is 1. The zero-order valence-corrected chi connectivity index (χ0v) is 11.0. The van der Waals surface area contributed by atoms with E-state index in [0.29, 0.717) is 0 Å². The zero-order valence-electron chi connectivity index (χ0n) is 11.0. The Bertz CT molecular complexity index is 292. The van der Waals surface area contributed by atoms with Crippen molar-refractivity contribution in [2.24, 2.45) is 5.41 Å². The average molecular weight is 267 g/mol. The first-order valence-electron chi connectivity index (χ1n) is 6.07. The van der Waals surface area contributed by atoms with Crippen molar-refractivity contribution in [3.8, 4) is 0 Å². The van der Waals surface area contributed by atoms with Crippen LogP contribution >= 0.6 is 0 Å².